The molecule has 11 heteroatoms. The fourth-order valence-corrected chi connectivity index (χ4v) is 2.73. The third kappa shape index (κ3) is 6.50. The van der Waals surface area contributed by atoms with Crippen molar-refractivity contribution in [1.29, 1.82) is 0 Å². The normalized spacial score (nSPS) is 18.0. The summed E-state index contributed by atoms with van der Waals surface area (Å²) >= 11 is 0. The number of nitrogens with one attached hydrogen (secondary N) is 2. The number of rotatable bonds is 7. The molecule has 0 spiro atoms. The third-order valence-electron chi connectivity index (χ3n) is 3.87. The second-order valence-corrected chi connectivity index (χ2v) is 7.33. The van der Waals surface area contributed by atoms with Crippen molar-refractivity contribution in [1.82, 2.24) is 10.6 Å². The summed E-state index contributed by atoms with van der Waals surface area (Å²) in [7, 11) is 22.4. The topological polar surface area (TPSA) is 65.9 Å². The summed E-state index contributed by atoms with van der Waals surface area (Å²) in [6.45, 7) is 3.90. The van der Waals surface area contributed by atoms with Crippen molar-refractivity contribution in [2.24, 2.45) is 4.99 Å². The summed E-state index contributed by atoms with van der Waals surface area (Å²) in [6.07, 6.45) is 3.43. The minimum absolute atomic E-state index is 0.0531. The Morgan fingerprint density at radius 1 is 1.25 bits per heavy atom. The smallest absolute Gasteiger partial charge is 0.209 e. The minimum atomic E-state index is -2.12. The van der Waals surface area contributed by atoms with Crippen molar-refractivity contribution in [3.05, 3.63) is 47.5 Å². The number of benzene rings is 1. The second kappa shape index (κ2) is 8.43. The molecule has 1 unspecified atom stereocenters. The fourth-order valence-electron chi connectivity index (χ4n) is 2.73. The highest BCUT2D eigenvalue weighted by Gasteiger charge is 2.29. The Morgan fingerprint density at radius 3 is 2.57 bits per heavy atom. The van der Waals surface area contributed by atoms with Crippen LogP contribution in [0, 0.1) is 11.6 Å². The van der Waals surface area contributed by atoms with E-state index in [4.69, 9.17) is 36.1 Å². The second-order valence-electron chi connectivity index (χ2n) is 7.33. The van der Waals surface area contributed by atoms with Gasteiger partial charge in [0.2, 0.25) is 5.90 Å². The zero-order valence-electron chi connectivity index (χ0n) is 15.7. The first-order valence-corrected chi connectivity index (χ1v) is 8.57. The Labute approximate surface area is 169 Å². The van der Waals surface area contributed by atoms with Crippen LogP contribution < -0.4 is 10.6 Å². The number of ether oxygens (including phenoxy) is 1. The Balaban J connectivity index is 2.05. The van der Waals surface area contributed by atoms with Gasteiger partial charge < -0.3 is 9.84 Å². The van der Waals surface area contributed by atoms with Gasteiger partial charge in [-0.3, -0.25) is 10.6 Å². The van der Waals surface area contributed by atoms with E-state index in [1.807, 2.05) is 0 Å². The van der Waals surface area contributed by atoms with Gasteiger partial charge in [0.1, 0.15) is 37.6 Å². The summed E-state index contributed by atoms with van der Waals surface area (Å²) in [4.78, 5) is 4.31. The largest absolute Gasteiger partial charge is 0.487 e. The number of halogens is 2. The molecule has 8 radical (unpaired) electrons. The number of hydrogen-bond donors (Lipinski definition) is 3. The molecular formula is C17H19B4F2N3O2. The van der Waals surface area contributed by atoms with E-state index < -0.39 is 34.3 Å². The van der Waals surface area contributed by atoms with Crippen molar-refractivity contribution in [2.75, 3.05) is 6.54 Å². The molecule has 1 heterocycles. The maximum Gasteiger partial charge on any atom is 0.209 e. The molecule has 1 aromatic carbocycles. The number of aliphatic imine (C=N–C) groups is 1. The fraction of sp³-hybridized carbons (Fsp3) is 0.471. The zero-order valence-corrected chi connectivity index (χ0v) is 15.7. The molecule has 0 aromatic heterocycles. The number of nitrogens with zero attached hydrogens (tertiary/aromatic N) is 1. The predicted octanol–water partition coefficient (Wildman–Crippen LogP) is 0.0116. The Morgan fingerprint density at radius 2 is 1.93 bits per heavy atom. The minimum Gasteiger partial charge on any atom is -0.487 e. The molecule has 1 aliphatic heterocycles. The van der Waals surface area contributed by atoms with Crippen molar-refractivity contribution < 1.29 is 18.6 Å². The van der Waals surface area contributed by atoms with E-state index in [0.29, 0.717) is 13.0 Å². The molecule has 2 rings (SSSR count). The van der Waals surface area contributed by atoms with Crippen molar-refractivity contribution in [3.63, 3.8) is 0 Å². The Hall–Kier alpha value is -1.57. The van der Waals surface area contributed by atoms with Crippen LogP contribution in [0.4, 0.5) is 8.78 Å². The molecule has 0 aliphatic carbocycles. The van der Waals surface area contributed by atoms with E-state index in [1.54, 1.807) is 19.9 Å². The number of aliphatic hydroxyl groups is 1. The summed E-state index contributed by atoms with van der Waals surface area (Å²) in [5.41, 5.74) is -3.02. The lowest BCUT2D eigenvalue weighted by Crippen LogP contribution is -2.60. The first kappa shape index (κ1) is 22.7. The predicted molar refractivity (Wildman–Crippen MR) is 107 cm³/mol. The first-order valence-electron chi connectivity index (χ1n) is 8.57. The standard InChI is InChI=1S/C17H19B4F2N3O2/c1-15(2,26-17(20,21)27)9-24-12-7-4-8-13(25-12)28-16(18,19)10-5-3-6-11(22)14(10)23/h3-6,8,12,24,26-27H,7,9H2,1-2H3. The molecule has 0 saturated heterocycles. The monoisotopic (exact) mass is 379 g/mol. The molecule has 1 aliphatic rings. The van der Waals surface area contributed by atoms with Gasteiger partial charge in [0.15, 0.2) is 11.6 Å². The van der Waals surface area contributed by atoms with Gasteiger partial charge in [-0.15, -0.1) is 0 Å². The Bertz CT molecular complexity index is 767. The van der Waals surface area contributed by atoms with E-state index in [2.05, 4.69) is 15.6 Å². The number of hydrogen-bond acceptors (Lipinski definition) is 5. The van der Waals surface area contributed by atoms with Gasteiger partial charge in [0, 0.05) is 29.6 Å². The van der Waals surface area contributed by atoms with Crippen LogP contribution in [0.5, 0.6) is 0 Å². The van der Waals surface area contributed by atoms with Gasteiger partial charge in [-0.2, -0.15) is 0 Å². The molecule has 1 atom stereocenters. The average molecular weight is 379 g/mol. The van der Waals surface area contributed by atoms with Crippen LogP contribution >= 0.6 is 0 Å². The van der Waals surface area contributed by atoms with Crippen molar-refractivity contribution in [2.45, 2.75) is 42.9 Å². The molecule has 1 aromatic rings. The van der Waals surface area contributed by atoms with Gasteiger partial charge in [-0.1, -0.05) is 18.2 Å². The molecule has 0 bridgehead atoms. The van der Waals surface area contributed by atoms with Gasteiger partial charge in [0.25, 0.3) is 0 Å². The quantitative estimate of drug-likeness (QED) is 0.462. The van der Waals surface area contributed by atoms with Gasteiger partial charge >= 0.3 is 0 Å². The first-order chi connectivity index (χ1) is 12.8. The van der Waals surface area contributed by atoms with Crippen LogP contribution in [-0.4, -0.2) is 66.2 Å². The average Bonchev–Trinajstić information content (AvgIpc) is 2.53. The van der Waals surface area contributed by atoms with E-state index in [0.717, 1.165) is 6.07 Å². The van der Waals surface area contributed by atoms with Crippen LogP contribution in [0.15, 0.2) is 35.3 Å². The molecule has 28 heavy (non-hydrogen) atoms. The zero-order chi connectivity index (χ0) is 21.2. The van der Waals surface area contributed by atoms with Crippen LogP contribution in [0.3, 0.4) is 0 Å². The van der Waals surface area contributed by atoms with E-state index in [-0.39, 0.29) is 11.5 Å². The van der Waals surface area contributed by atoms with Crippen LogP contribution in [0.25, 0.3) is 0 Å². The molecule has 5 nitrogen and oxygen atoms in total. The Kier molecular flexibility index (Phi) is 6.84. The SMILES string of the molecule is [B]C([B])(O)NC(C)(C)CNC1CC=CC(OC([B])([B])c2cccc(F)c2F)=N1. The highest BCUT2D eigenvalue weighted by atomic mass is 19.2. The molecule has 0 fully saturated rings. The molecule has 140 valence electrons. The lowest BCUT2D eigenvalue weighted by atomic mass is 9.61. The summed E-state index contributed by atoms with van der Waals surface area (Å²) in [5.74, 6) is -2.22. The van der Waals surface area contributed by atoms with Crippen LogP contribution in [0.2, 0.25) is 0 Å². The lowest BCUT2D eigenvalue weighted by molar-refractivity contribution is 0.130. The maximum atomic E-state index is 14.0. The van der Waals surface area contributed by atoms with E-state index in [9.17, 15) is 13.9 Å². The van der Waals surface area contributed by atoms with E-state index in [1.165, 1.54) is 18.2 Å². The molecule has 0 saturated carbocycles. The summed E-state index contributed by atoms with van der Waals surface area (Å²) in [5, 5.41) is 13.2. The van der Waals surface area contributed by atoms with Crippen LogP contribution in [-0.2, 0) is 10.1 Å². The van der Waals surface area contributed by atoms with Crippen molar-refractivity contribution >= 4 is 37.3 Å². The maximum absolute atomic E-state index is 14.0. The summed E-state index contributed by atoms with van der Waals surface area (Å²) < 4.78 is 32.8. The van der Waals surface area contributed by atoms with E-state index >= 15 is 0 Å². The van der Waals surface area contributed by atoms with Gasteiger partial charge in [-0.05, 0) is 26.0 Å². The van der Waals surface area contributed by atoms with Crippen molar-refractivity contribution in [3.8, 4) is 0 Å². The molecular weight excluding hydrogens is 359 g/mol. The highest BCUT2D eigenvalue weighted by molar-refractivity contribution is 6.39. The third-order valence-corrected chi connectivity index (χ3v) is 3.87. The molecule has 0 amide bonds. The number of dihydropyridines is 1. The summed E-state index contributed by atoms with van der Waals surface area (Å²) in [6, 6.07) is 3.46. The lowest BCUT2D eigenvalue weighted by Gasteiger charge is -2.36. The van der Waals surface area contributed by atoms with Gasteiger partial charge in [0.05, 0.1) is 5.40 Å². The van der Waals surface area contributed by atoms with Crippen LogP contribution in [0.1, 0.15) is 25.8 Å². The highest BCUT2D eigenvalue weighted by Crippen LogP contribution is 2.25. The van der Waals surface area contributed by atoms with Gasteiger partial charge in [-0.25, -0.2) is 13.8 Å². The molecule has 3 N–H and O–H groups in total.